The van der Waals surface area contributed by atoms with Gasteiger partial charge in [-0.15, -0.1) is 0 Å². The molecule has 6 rings (SSSR count). The average Bonchev–Trinajstić information content (AvgIpc) is 3.08. The Bertz CT molecular complexity index is 1630. The molecule has 6 aromatic carbocycles. The highest BCUT2D eigenvalue weighted by Gasteiger charge is 2.32. The van der Waals surface area contributed by atoms with Crippen LogP contribution in [-0.4, -0.2) is 14.2 Å². The van der Waals surface area contributed by atoms with Crippen LogP contribution in [0.2, 0.25) is 0 Å². The Morgan fingerprint density at radius 2 is 0.659 bits per heavy atom. The Kier molecular flexibility index (Phi) is 9.95. The molecule has 0 aliphatic carbocycles. The van der Waals surface area contributed by atoms with Crippen molar-refractivity contribution in [2.75, 3.05) is 14.2 Å². The van der Waals surface area contributed by atoms with Gasteiger partial charge in [-0.05, 0) is 61.3 Å². The highest BCUT2D eigenvalue weighted by atomic mass is 79.9. The summed E-state index contributed by atoms with van der Waals surface area (Å²) in [5, 5.41) is 7.40. The van der Waals surface area contributed by atoms with Gasteiger partial charge in [-0.3, -0.25) is 0 Å². The maximum Gasteiger partial charge on any atom is 0.127 e. The molecule has 6 heteroatoms. The van der Waals surface area contributed by atoms with E-state index in [1.807, 2.05) is 0 Å². The van der Waals surface area contributed by atoms with Crippen LogP contribution in [0.25, 0.3) is 11.1 Å². The summed E-state index contributed by atoms with van der Waals surface area (Å²) < 4.78 is 14.5. The van der Waals surface area contributed by atoms with Crippen LogP contribution in [0.3, 0.4) is 0 Å². The van der Waals surface area contributed by atoms with Crippen molar-refractivity contribution in [2.45, 2.75) is 0 Å². The summed E-state index contributed by atoms with van der Waals surface area (Å²) in [6.07, 6.45) is 0. The van der Waals surface area contributed by atoms with Gasteiger partial charge in [0.25, 0.3) is 0 Å². The molecule has 0 atom stereocenters. The molecule has 0 aliphatic rings. The minimum atomic E-state index is -0.991. The van der Waals surface area contributed by atoms with Gasteiger partial charge in [0, 0.05) is 30.7 Å². The van der Waals surface area contributed by atoms with Gasteiger partial charge in [0.2, 0.25) is 0 Å². The second-order valence-corrected chi connectivity index (χ2v) is 16.0. The first-order valence-electron chi connectivity index (χ1n) is 14.2. The van der Waals surface area contributed by atoms with Crippen LogP contribution in [-0.2, 0) is 0 Å². The standard InChI is InChI=1S/C38H30Br2O2P2/c1-41-33-25-23-31(39)37(43(27-15-7-3-8-16-27)28-17-9-4-10-18-28)35(33)36-34(42-2)26-24-32(40)38(36)44(29-19-11-5-12-20-29)30-21-13-6-14-22-30/h3-26H,1-2H3. The molecule has 218 valence electrons. The lowest BCUT2D eigenvalue weighted by Gasteiger charge is -2.30. The highest BCUT2D eigenvalue weighted by molar-refractivity contribution is 9.11. The molecule has 0 spiro atoms. The van der Waals surface area contributed by atoms with E-state index in [9.17, 15) is 0 Å². The first-order chi connectivity index (χ1) is 21.6. The van der Waals surface area contributed by atoms with Crippen LogP contribution in [0.5, 0.6) is 11.5 Å². The third-order valence-electron chi connectivity index (χ3n) is 7.38. The minimum Gasteiger partial charge on any atom is -0.496 e. The zero-order valence-corrected chi connectivity index (χ0v) is 29.3. The third kappa shape index (κ3) is 6.15. The Labute approximate surface area is 278 Å². The number of methoxy groups -OCH3 is 2. The molecular weight excluding hydrogens is 710 g/mol. The average molecular weight is 740 g/mol. The highest BCUT2D eigenvalue weighted by Crippen LogP contribution is 2.49. The van der Waals surface area contributed by atoms with E-state index < -0.39 is 15.8 Å². The fraction of sp³-hybridized carbons (Fsp3) is 0.0526. The van der Waals surface area contributed by atoms with Crippen molar-refractivity contribution in [1.82, 2.24) is 0 Å². The normalized spacial score (nSPS) is 11.1. The van der Waals surface area contributed by atoms with E-state index in [0.717, 1.165) is 31.6 Å². The quantitative estimate of drug-likeness (QED) is 0.139. The van der Waals surface area contributed by atoms with Gasteiger partial charge >= 0.3 is 0 Å². The Morgan fingerprint density at radius 3 is 0.909 bits per heavy atom. The number of ether oxygens (including phenoxy) is 2. The summed E-state index contributed by atoms with van der Waals surface area (Å²) in [4.78, 5) is 0. The molecule has 0 bridgehead atoms. The largest absolute Gasteiger partial charge is 0.496 e. The topological polar surface area (TPSA) is 18.5 Å². The minimum absolute atomic E-state index is 0.802. The number of hydrogen-bond donors (Lipinski definition) is 0. The third-order valence-corrected chi connectivity index (χ3v) is 14.4. The molecule has 0 aromatic heterocycles. The summed E-state index contributed by atoms with van der Waals surface area (Å²) in [5.74, 6) is 1.60. The molecule has 0 unspecified atom stereocenters. The Hall–Kier alpha value is -3.26. The molecule has 44 heavy (non-hydrogen) atoms. The van der Waals surface area contributed by atoms with Gasteiger partial charge in [-0.25, -0.2) is 0 Å². The monoisotopic (exact) mass is 738 g/mol. The summed E-state index contributed by atoms with van der Waals surface area (Å²) in [7, 11) is 1.53. The molecule has 6 aromatic rings. The van der Waals surface area contributed by atoms with Crippen molar-refractivity contribution < 1.29 is 9.47 Å². The first kappa shape index (κ1) is 30.8. The zero-order chi connectivity index (χ0) is 30.5. The molecule has 0 heterocycles. The molecule has 0 amide bonds. The Morgan fingerprint density at radius 1 is 0.386 bits per heavy atom. The van der Waals surface area contributed by atoms with Crippen LogP contribution in [0, 0.1) is 0 Å². The van der Waals surface area contributed by atoms with E-state index in [1.165, 1.54) is 31.8 Å². The number of hydrogen-bond acceptors (Lipinski definition) is 2. The van der Waals surface area contributed by atoms with Crippen molar-refractivity contribution in [2.24, 2.45) is 0 Å². The lowest BCUT2D eigenvalue weighted by atomic mass is 10.0. The predicted molar refractivity (Wildman–Crippen MR) is 198 cm³/mol. The van der Waals surface area contributed by atoms with E-state index in [4.69, 9.17) is 9.47 Å². The van der Waals surface area contributed by atoms with E-state index in [-0.39, 0.29) is 0 Å². The smallest absolute Gasteiger partial charge is 0.127 e. The maximum absolute atomic E-state index is 6.23. The van der Waals surface area contributed by atoms with E-state index >= 15 is 0 Å². The van der Waals surface area contributed by atoms with Crippen LogP contribution in [0.4, 0.5) is 0 Å². The van der Waals surface area contributed by atoms with Crippen molar-refractivity contribution in [3.05, 3.63) is 155 Å². The lowest BCUT2D eigenvalue weighted by Crippen LogP contribution is -2.27. The number of halogens is 2. The second kappa shape index (κ2) is 14.2. The molecule has 0 radical (unpaired) electrons. The number of benzene rings is 6. The van der Waals surface area contributed by atoms with Gasteiger partial charge < -0.3 is 9.47 Å². The molecule has 0 saturated carbocycles. The fourth-order valence-electron chi connectivity index (χ4n) is 5.48. The van der Waals surface area contributed by atoms with Crippen LogP contribution >= 0.6 is 47.7 Å². The zero-order valence-electron chi connectivity index (χ0n) is 24.3. The van der Waals surface area contributed by atoms with Gasteiger partial charge in [-0.2, -0.15) is 0 Å². The molecule has 0 aliphatic heterocycles. The first-order valence-corrected chi connectivity index (χ1v) is 18.4. The fourth-order valence-corrected chi connectivity index (χ4v) is 12.2. The number of rotatable bonds is 9. The Balaban J connectivity index is 1.75. The van der Waals surface area contributed by atoms with Crippen LogP contribution in [0.15, 0.2) is 155 Å². The van der Waals surface area contributed by atoms with Crippen molar-refractivity contribution in [3.8, 4) is 22.6 Å². The van der Waals surface area contributed by atoms with Gasteiger partial charge in [0.15, 0.2) is 0 Å². The molecular formula is C38H30Br2O2P2. The van der Waals surface area contributed by atoms with Crippen molar-refractivity contribution in [3.63, 3.8) is 0 Å². The summed E-state index contributed by atoms with van der Waals surface area (Å²) in [6.45, 7) is 0. The van der Waals surface area contributed by atoms with Crippen LogP contribution < -0.4 is 41.3 Å². The van der Waals surface area contributed by atoms with Gasteiger partial charge in [0.1, 0.15) is 11.5 Å². The van der Waals surface area contributed by atoms with Crippen molar-refractivity contribution in [1.29, 1.82) is 0 Å². The molecule has 0 fully saturated rings. The van der Waals surface area contributed by atoms with E-state index in [2.05, 4.69) is 177 Å². The molecule has 2 nitrogen and oxygen atoms in total. The van der Waals surface area contributed by atoms with E-state index in [0.29, 0.717) is 0 Å². The summed E-state index contributed by atoms with van der Waals surface area (Å²) in [5.41, 5.74) is 2.07. The van der Waals surface area contributed by atoms with Crippen LogP contribution in [0.1, 0.15) is 0 Å². The second-order valence-electron chi connectivity index (χ2n) is 9.96. The maximum atomic E-state index is 6.23. The predicted octanol–water partition coefficient (Wildman–Crippen LogP) is 8.41. The molecule has 0 N–H and O–H groups in total. The summed E-state index contributed by atoms with van der Waals surface area (Å²) >= 11 is 8.07. The summed E-state index contributed by atoms with van der Waals surface area (Å²) in [6, 6.07) is 51.5. The van der Waals surface area contributed by atoms with Gasteiger partial charge in [-0.1, -0.05) is 153 Å². The molecule has 0 saturated heterocycles. The van der Waals surface area contributed by atoms with Crippen molar-refractivity contribution >= 4 is 79.5 Å². The van der Waals surface area contributed by atoms with Gasteiger partial charge in [0.05, 0.1) is 14.2 Å². The SMILES string of the molecule is COc1ccc(Br)c(P(c2ccccc2)c2ccccc2)c1-c1c(OC)ccc(Br)c1P(c1ccccc1)c1ccccc1. The van der Waals surface area contributed by atoms with E-state index in [1.54, 1.807) is 14.2 Å². The lowest BCUT2D eigenvalue weighted by molar-refractivity contribution is 0.411.